The first kappa shape index (κ1) is 19.5. The third-order valence-corrected chi connectivity index (χ3v) is 6.66. The van der Waals surface area contributed by atoms with E-state index >= 15 is 0 Å². The summed E-state index contributed by atoms with van der Waals surface area (Å²) < 4.78 is 32.2. The summed E-state index contributed by atoms with van der Waals surface area (Å²) in [5, 5.41) is 2.85. The van der Waals surface area contributed by atoms with Gasteiger partial charge in [0.05, 0.1) is 23.5 Å². The predicted molar refractivity (Wildman–Crippen MR) is 104 cm³/mol. The molecule has 0 radical (unpaired) electrons. The number of ether oxygens (including phenoxy) is 1. The molecule has 6 nitrogen and oxygen atoms in total. The largest absolute Gasteiger partial charge is 0.379 e. The van der Waals surface area contributed by atoms with E-state index in [0.29, 0.717) is 32.0 Å². The first-order chi connectivity index (χ1) is 12.8. The van der Waals surface area contributed by atoms with Gasteiger partial charge in [0.2, 0.25) is 15.9 Å². The van der Waals surface area contributed by atoms with Crippen LogP contribution >= 0.6 is 0 Å². The van der Waals surface area contributed by atoms with Gasteiger partial charge >= 0.3 is 0 Å². The summed E-state index contributed by atoms with van der Waals surface area (Å²) in [5.74, 6) is -0.199. The highest BCUT2D eigenvalue weighted by atomic mass is 32.2. The van der Waals surface area contributed by atoms with Gasteiger partial charge in [-0.15, -0.1) is 0 Å². The number of amides is 1. The van der Waals surface area contributed by atoms with Gasteiger partial charge in [-0.3, -0.25) is 4.79 Å². The fourth-order valence-electron chi connectivity index (χ4n) is 2.94. The molecule has 1 fully saturated rings. The Kier molecular flexibility index (Phi) is 5.64. The van der Waals surface area contributed by atoms with Crippen molar-refractivity contribution in [2.24, 2.45) is 0 Å². The molecule has 1 saturated heterocycles. The summed E-state index contributed by atoms with van der Waals surface area (Å²) in [4.78, 5) is 13.0. The molecule has 27 heavy (non-hydrogen) atoms. The Hall–Kier alpha value is -2.22. The van der Waals surface area contributed by atoms with Crippen LogP contribution in [0.25, 0.3) is 0 Å². The van der Waals surface area contributed by atoms with E-state index in [1.807, 2.05) is 44.2 Å². The Balaban J connectivity index is 1.81. The van der Waals surface area contributed by atoms with Crippen molar-refractivity contribution in [2.45, 2.75) is 24.2 Å². The lowest BCUT2D eigenvalue weighted by molar-refractivity contribution is -0.120. The lowest BCUT2D eigenvalue weighted by Gasteiger charge is -2.26. The molecule has 1 amide bonds. The molecule has 7 heteroatoms. The molecule has 0 unspecified atom stereocenters. The number of nitrogens with zero attached hydrogens (tertiary/aromatic N) is 1. The van der Waals surface area contributed by atoms with E-state index < -0.39 is 15.4 Å². The average Bonchev–Trinajstić information content (AvgIpc) is 2.69. The minimum atomic E-state index is -3.61. The number of hydrogen-bond acceptors (Lipinski definition) is 4. The highest BCUT2D eigenvalue weighted by Gasteiger charge is 2.30. The number of hydrogen-bond donors (Lipinski definition) is 1. The van der Waals surface area contributed by atoms with E-state index in [9.17, 15) is 13.2 Å². The van der Waals surface area contributed by atoms with Crippen LogP contribution in [0, 0.1) is 0 Å². The molecule has 1 aliphatic heterocycles. The Morgan fingerprint density at radius 3 is 2.37 bits per heavy atom. The van der Waals surface area contributed by atoms with Gasteiger partial charge in [0, 0.05) is 18.8 Å². The lowest BCUT2D eigenvalue weighted by atomic mass is 9.83. The molecule has 144 valence electrons. The van der Waals surface area contributed by atoms with Crippen molar-refractivity contribution in [3.8, 4) is 0 Å². The van der Waals surface area contributed by atoms with Crippen molar-refractivity contribution < 1.29 is 17.9 Å². The molecule has 0 spiro atoms. The van der Waals surface area contributed by atoms with Crippen molar-refractivity contribution in [1.82, 2.24) is 4.31 Å². The first-order valence-electron chi connectivity index (χ1n) is 8.87. The molecule has 0 bridgehead atoms. The van der Waals surface area contributed by atoms with Crippen molar-refractivity contribution >= 4 is 21.6 Å². The topological polar surface area (TPSA) is 75.7 Å². The molecule has 0 aromatic heterocycles. The van der Waals surface area contributed by atoms with Crippen LogP contribution < -0.4 is 5.32 Å². The fraction of sp³-hybridized carbons (Fsp3) is 0.350. The molecule has 3 rings (SSSR count). The molecule has 1 N–H and O–H groups in total. The van der Waals surface area contributed by atoms with Gasteiger partial charge in [-0.25, -0.2) is 8.42 Å². The van der Waals surface area contributed by atoms with Gasteiger partial charge in [0.25, 0.3) is 0 Å². The molecule has 1 aliphatic rings. The van der Waals surface area contributed by atoms with Crippen LogP contribution in [0.5, 0.6) is 0 Å². The van der Waals surface area contributed by atoms with Crippen LogP contribution in [0.15, 0.2) is 59.5 Å². The van der Waals surface area contributed by atoms with Gasteiger partial charge in [0.1, 0.15) is 0 Å². The quantitative estimate of drug-likeness (QED) is 0.854. The predicted octanol–water partition coefficient (Wildman–Crippen LogP) is 2.62. The maximum absolute atomic E-state index is 12.8. The second-order valence-electron chi connectivity index (χ2n) is 6.99. The van der Waals surface area contributed by atoms with Crippen LogP contribution in [0.2, 0.25) is 0 Å². The van der Waals surface area contributed by atoms with Crippen LogP contribution in [-0.2, 0) is 25.0 Å². The highest BCUT2D eigenvalue weighted by molar-refractivity contribution is 7.89. The first-order valence-corrected chi connectivity index (χ1v) is 10.3. The molecular formula is C20H24N2O4S. The van der Waals surface area contributed by atoms with Gasteiger partial charge in [-0.1, -0.05) is 36.4 Å². The minimum absolute atomic E-state index is 0.166. The van der Waals surface area contributed by atoms with Gasteiger partial charge < -0.3 is 10.1 Å². The van der Waals surface area contributed by atoms with E-state index in [2.05, 4.69) is 5.32 Å². The number of sulfonamides is 1. The highest BCUT2D eigenvalue weighted by Crippen LogP contribution is 2.26. The minimum Gasteiger partial charge on any atom is -0.379 e. The van der Waals surface area contributed by atoms with Crippen molar-refractivity contribution in [1.29, 1.82) is 0 Å². The summed E-state index contributed by atoms with van der Waals surface area (Å²) >= 11 is 0. The number of morpholine rings is 1. The Morgan fingerprint density at radius 2 is 1.70 bits per heavy atom. The van der Waals surface area contributed by atoms with Crippen LogP contribution in [0.1, 0.15) is 19.4 Å². The lowest BCUT2D eigenvalue weighted by Crippen LogP contribution is -2.40. The van der Waals surface area contributed by atoms with Gasteiger partial charge in [-0.05, 0) is 37.6 Å². The number of carbonyl (C=O) groups is 1. The van der Waals surface area contributed by atoms with Gasteiger partial charge in [-0.2, -0.15) is 4.31 Å². The average molecular weight is 388 g/mol. The molecule has 2 aromatic carbocycles. The zero-order valence-corrected chi connectivity index (χ0v) is 16.3. The number of anilines is 1. The van der Waals surface area contributed by atoms with Gasteiger partial charge in [0.15, 0.2) is 0 Å². The summed E-state index contributed by atoms with van der Waals surface area (Å²) in [5.41, 5.74) is 0.596. The second kappa shape index (κ2) is 7.80. The SMILES string of the molecule is CC(C)(C(=O)Nc1cccc(S(=O)(=O)N2CCOCC2)c1)c1ccccc1. The van der Waals surface area contributed by atoms with E-state index in [0.717, 1.165) is 5.56 Å². The fourth-order valence-corrected chi connectivity index (χ4v) is 4.40. The van der Waals surface area contributed by atoms with Crippen molar-refractivity contribution in [3.05, 3.63) is 60.2 Å². The molecule has 1 heterocycles. The maximum Gasteiger partial charge on any atom is 0.243 e. The summed E-state index contributed by atoms with van der Waals surface area (Å²) in [6.07, 6.45) is 0. The molecular weight excluding hydrogens is 364 g/mol. The van der Waals surface area contributed by atoms with Crippen molar-refractivity contribution in [3.63, 3.8) is 0 Å². The molecule has 0 aliphatic carbocycles. The normalized spacial score (nSPS) is 16.1. The van der Waals surface area contributed by atoms with Crippen molar-refractivity contribution in [2.75, 3.05) is 31.6 Å². The van der Waals surface area contributed by atoms with E-state index in [1.54, 1.807) is 18.2 Å². The Labute approximate surface area is 160 Å². The monoisotopic (exact) mass is 388 g/mol. The molecule has 2 aromatic rings. The maximum atomic E-state index is 12.8. The summed E-state index contributed by atoms with van der Waals surface area (Å²) in [6.45, 7) is 5.12. The third kappa shape index (κ3) is 4.21. The zero-order valence-electron chi connectivity index (χ0n) is 15.5. The number of nitrogens with one attached hydrogen (secondary N) is 1. The van der Waals surface area contributed by atoms with E-state index in [1.165, 1.54) is 10.4 Å². The summed E-state index contributed by atoms with van der Waals surface area (Å²) in [6, 6.07) is 15.9. The summed E-state index contributed by atoms with van der Waals surface area (Å²) in [7, 11) is -3.61. The van der Waals surface area contributed by atoms with Crippen LogP contribution in [-0.4, -0.2) is 44.9 Å². The number of carbonyl (C=O) groups excluding carboxylic acids is 1. The zero-order chi connectivity index (χ0) is 19.5. The van der Waals surface area contributed by atoms with Crippen LogP contribution in [0.3, 0.4) is 0 Å². The second-order valence-corrected chi connectivity index (χ2v) is 8.93. The number of benzene rings is 2. The standard InChI is InChI=1S/C20H24N2O4S/c1-20(2,16-7-4-3-5-8-16)19(23)21-17-9-6-10-18(15-17)27(24,25)22-11-13-26-14-12-22/h3-10,15H,11-14H2,1-2H3,(H,21,23). The Morgan fingerprint density at radius 1 is 1.04 bits per heavy atom. The van der Waals surface area contributed by atoms with E-state index in [-0.39, 0.29) is 10.8 Å². The smallest absolute Gasteiger partial charge is 0.243 e. The molecule has 0 saturated carbocycles. The third-order valence-electron chi connectivity index (χ3n) is 4.76. The van der Waals surface area contributed by atoms with Crippen LogP contribution in [0.4, 0.5) is 5.69 Å². The number of rotatable bonds is 5. The Bertz CT molecular complexity index is 905. The molecule has 0 atom stereocenters. The van der Waals surface area contributed by atoms with E-state index in [4.69, 9.17) is 4.74 Å².